The van der Waals surface area contributed by atoms with Crippen LogP contribution in [0.1, 0.15) is 5.82 Å². The van der Waals surface area contributed by atoms with Gasteiger partial charge in [-0.05, 0) is 18.5 Å². The fourth-order valence-electron chi connectivity index (χ4n) is 0.792. The molecule has 5 nitrogen and oxygen atoms in total. The zero-order valence-electron chi connectivity index (χ0n) is 5.69. The van der Waals surface area contributed by atoms with E-state index in [0.29, 0.717) is 11.6 Å². The van der Waals surface area contributed by atoms with Gasteiger partial charge in [0.1, 0.15) is 12.2 Å². The van der Waals surface area contributed by atoms with Crippen molar-refractivity contribution in [1.29, 1.82) is 0 Å². The predicted octanol–water partition coefficient (Wildman–Crippen LogP) is 0.481. The molecular formula is C5H4ClN5. The number of halogens is 1. The summed E-state index contributed by atoms with van der Waals surface area (Å²) < 4.78 is 1.37. The van der Waals surface area contributed by atoms with E-state index in [1.165, 1.54) is 10.8 Å². The van der Waals surface area contributed by atoms with Gasteiger partial charge in [-0.15, -0.1) is 0 Å². The van der Waals surface area contributed by atoms with E-state index in [1.807, 2.05) is 0 Å². The molecule has 6 heteroatoms. The summed E-state index contributed by atoms with van der Waals surface area (Å²) in [6.07, 6.45) is 1.38. The Morgan fingerprint density at radius 2 is 2.27 bits per heavy atom. The number of aryl methyl sites for hydroxylation is 1. The molecule has 0 saturated heterocycles. The Balaban J connectivity index is 2.91. The minimum Gasteiger partial charge on any atom is -0.203 e. The van der Waals surface area contributed by atoms with Crippen molar-refractivity contribution in [3.8, 4) is 0 Å². The van der Waals surface area contributed by atoms with Gasteiger partial charge in [-0.2, -0.15) is 19.6 Å². The van der Waals surface area contributed by atoms with Crippen LogP contribution in [0.25, 0.3) is 5.78 Å². The van der Waals surface area contributed by atoms with Crippen molar-refractivity contribution in [3.63, 3.8) is 0 Å². The second-order valence-corrected chi connectivity index (χ2v) is 2.35. The Morgan fingerprint density at radius 3 is 3.09 bits per heavy atom. The molecule has 0 saturated carbocycles. The molecule has 0 fully saturated rings. The molecule has 2 heterocycles. The minimum atomic E-state index is 0.282. The second-order valence-electron chi connectivity index (χ2n) is 2.01. The van der Waals surface area contributed by atoms with Crippen LogP contribution in [0.2, 0.25) is 5.28 Å². The molecule has 2 aromatic heterocycles. The van der Waals surface area contributed by atoms with E-state index in [0.717, 1.165) is 0 Å². The summed E-state index contributed by atoms with van der Waals surface area (Å²) in [4.78, 5) is 11.7. The highest BCUT2D eigenvalue weighted by molar-refractivity contribution is 6.28. The van der Waals surface area contributed by atoms with Crippen LogP contribution in [0.15, 0.2) is 6.33 Å². The lowest BCUT2D eigenvalue weighted by Gasteiger charge is -1.94. The van der Waals surface area contributed by atoms with Gasteiger partial charge >= 0.3 is 0 Å². The topological polar surface area (TPSA) is 56.0 Å². The van der Waals surface area contributed by atoms with Crippen LogP contribution in [0.4, 0.5) is 0 Å². The van der Waals surface area contributed by atoms with Gasteiger partial charge in [-0.1, -0.05) is 0 Å². The van der Waals surface area contributed by atoms with Crippen LogP contribution in [-0.4, -0.2) is 24.6 Å². The Bertz CT molecular complexity index is 395. The van der Waals surface area contributed by atoms with E-state index in [4.69, 9.17) is 11.6 Å². The van der Waals surface area contributed by atoms with E-state index in [1.54, 1.807) is 6.92 Å². The lowest BCUT2D eigenvalue weighted by molar-refractivity contribution is 0.869. The lowest BCUT2D eigenvalue weighted by atomic mass is 10.7. The highest BCUT2D eigenvalue weighted by Gasteiger charge is 2.02. The largest absolute Gasteiger partial charge is 0.256 e. The molecule has 11 heavy (non-hydrogen) atoms. The molecule has 0 spiro atoms. The summed E-state index contributed by atoms with van der Waals surface area (Å²) in [5.41, 5.74) is 0. The third-order valence-corrected chi connectivity index (χ3v) is 1.47. The quantitative estimate of drug-likeness (QED) is 0.576. The van der Waals surface area contributed by atoms with E-state index >= 15 is 0 Å². The van der Waals surface area contributed by atoms with Crippen LogP contribution in [0.3, 0.4) is 0 Å². The number of nitrogens with zero attached hydrogens (tertiary/aromatic N) is 5. The maximum atomic E-state index is 5.71. The Morgan fingerprint density at radius 1 is 1.45 bits per heavy atom. The highest BCUT2D eigenvalue weighted by Crippen LogP contribution is 2.04. The second kappa shape index (κ2) is 2.13. The van der Waals surface area contributed by atoms with Crippen LogP contribution >= 0.6 is 11.6 Å². The first-order valence-electron chi connectivity index (χ1n) is 2.97. The molecule has 0 aliphatic rings. The van der Waals surface area contributed by atoms with Gasteiger partial charge in [0.15, 0.2) is 0 Å². The third-order valence-electron chi connectivity index (χ3n) is 1.22. The monoisotopic (exact) mass is 169 g/mol. The first-order chi connectivity index (χ1) is 5.27. The lowest BCUT2D eigenvalue weighted by Crippen LogP contribution is -1.98. The van der Waals surface area contributed by atoms with Gasteiger partial charge in [0, 0.05) is 0 Å². The van der Waals surface area contributed by atoms with Gasteiger partial charge in [-0.3, -0.25) is 0 Å². The summed E-state index contributed by atoms with van der Waals surface area (Å²) in [7, 11) is 0. The van der Waals surface area contributed by atoms with E-state index in [-0.39, 0.29) is 5.28 Å². The molecule has 0 aromatic carbocycles. The van der Waals surface area contributed by atoms with Crippen molar-refractivity contribution >= 4 is 17.4 Å². The standard InChI is InChI=1S/C5H4ClN5/c1-3-9-4(6)11-5(10-3)7-2-8-11/h2H,1H3. The summed E-state index contributed by atoms with van der Waals surface area (Å²) in [5, 5.41) is 4.09. The van der Waals surface area contributed by atoms with Crippen LogP contribution in [-0.2, 0) is 0 Å². The van der Waals surface area contributed by atoms with Gasteiger partial charge < -0.3 is 0 Å². The zero-order valence-corrected chi connectivity index (χ0v) is 6.45. The molecule has 0 radical (unpaired) electrons. The van der Waals surface area contributed by atoms with Crippen molar-refractivity contribution in [2.75, 3.05) is 0 Å². The third kappa shape index (κ3) is 0.932. The van der Waals surface area contributed by atoms with E-state index in [2.05, 4.69) is 20.1 Å². The highest BCUT2D eigenvalue weighted by atomic mass is 35.5. The first kappa shape index (κ1) is 6.48. The Labute approximate surface area is 67.1 Å². The smallest absolute Gasteiger partial charge is 0.203 e. The maximum absolute atomic E-state index is 5.71. The molecular weight excluding hydrogens is 166 g/mol. The fraction of sp³-hybridized carbons (Fsp3) is 0.200. The molecule has 56 valence electrons. The van der Waals surface area contributed by atoms with Gasteiger partial charge in [0.25, 0.3) is 5.78 Å². The Kier molecular flexibility index (Phi) is 1.25. The molecule has 0 bridgehead atoms. The van der Waals surface area contributed by atoms with Crippen molar-refractivity contribution in [3.05, 3.63) is 17.4 Å². The predicted molar refractivity (Wildman–Crippen MR) is 38.3 cm³/mol. The number of fused-ring (bicyclic) bond motifs is 1. The minimum absolute atomic E-state index is 0.282. The SMILES string of the molecule is Cc1nc(Cl)n2ncnc2n1. The van der Waals surface area contributed by atoms with Gasteiger partial charge in [0.2, 0.25) is 5.28 Å². The summed E-state index contributed by atoms with van der Waals surface area (Å²) in [6, 6.07) is 0. The normalized spacial score (nSPS) is 10.7. The number of aromatic nitrogens is 5. The average molecular weight is 170 g/mol. The van der Waals surface area contributed by atoms with Crippen molar-refractivity contribution in [1.82, 2.24) is 24.6 Å². The average Bonchev–Trinajstić information content (AvgIpc) is 2.34. The fourth-order valence-corrected chi connectivity index (χ4v) is 1.03. The summed E-state index contributed by atoms with van der Waals surface area (Å²) >= 11 is 5.71. The molecule has 2 aromatic rings. The molecule has 0 unspecified atom stereocenters. The van der Waals surface area contributed by atoms with E-state index < -0.39 is 0 Å². The van der Waals surface area contributed by atoms with Crippen molar-refractivity contribution < 1.29 is 0 Å². The molecule has 0 aliphatic carbocycles. The number of hydrogen-bond acceptors (Lipinski definition) is 4. The Hall–Kier alpha value is -1.23. The van der Waals surface area contributed by atoms with Crippen molar-refractivity contribution in [2.45, 2.75) is 6.92 Å². The molecule has 2 rings (SSSR count). The van der Waals surface area contributed by atoms with E-state index in [9.17, 15) is 0 Å². The molecule has 0 aliphatic heterocycles. The van der Waals surface area contributed by atoms with Crippen LogP contribution in [0.5, 0.6) is 0 Å². The molecule has 0 atom stereocenters. The van der Waals surface area contributed by atoms with Gasteiger partial charge in [0.05, 0.1) is 0 Å². The molecule has 0 N–H and O–H groups in total. The summed E-state index contributed by atoms with van der Waals surface area (Å²) in [6.45, 7) is 1.75. The number of rotatable bonds is 0. The van der Waals surface area contributed by atoms with Crippen LogP contribution < -0.4 is 0 Å². The first-order valence-corrected chi connectivity index (χ1v) is 3.35. The maximum Gasteiger partial charge on any atom is 0.256 e. The summed E-state index contributed by atoms with van der Waals surface area (Å²) in [5.74, 6) is 1.07. The number of hydrogen-bond donors (Lipinski definition) is 0. The molecule has 0 amide bonds. The zero-order chi connectivity index (χ0) is 7.84. The van der Waals surface area contributed by atoms with Crippen molar-refractivity contribution in [2.24, 2.45) is 0 Å². The van der Waals surface area contributed by atoms with Gasteiger partial charge in [-0.25, -0.2) is 4.98 Å². The van der Waals surface area contributed by atoms with Crippen LogP contribution in [0, 0.1) is 6.92 Å².